The van der Waals surface area contributed by atoms with E-state index in [9.17, 15) is 4.79 Å². The maximum absolute atomic E-state index is 11.6. The van der Waals surface area contributed by atoms with Crippen molar-refractivity contribution in [3.63, 3.8) is 0 Å². The summed E-state index contributed by atoms with van der Waals surface area (Å²) in [6.45, 7) is 8.05. The van der Waals surface area contributed by atoms with Crippen LogP contribution in [-0.4, -0.2) is 12.6 Å². The van der Waals surface area contributed by atoms with Gasteiger partial charge < -0.3 is 4.74 Å². The van der Waals surface area contributed by atoms with Crippen molar-refractivity contribution in [3.8, 4) is 0 Å². The highest BCUT2D eigenvalue weighted by molar-refractivity contribution is 5.86. The van der Waals surface area contributed by atoms with Crippen LogP contribution in [0, 0.1) is 0 Å². The summed E-state index contributed by atoms with van der Waals surface area (Å²) in [4.78, 5) is 11.6. The lowest BCUT2D eigenvalue weighted by molar-refractivity contribution is -0.724. The van der Waals surface area contributed by atoms with Gasteiger partial charge in [0.25, 0.3) is 0 Å². The first-order valence-electron chi connectivity index (χ1n) is 10.9. The van der Waals surface area contributed by atoms with Gasteiger partial charge in [-0.15, -0.1) is 0 Å². The topological polar surface area (TPSA) is 30.2 Å². The molecule has 0 saturated carbocycles. The van der Waals surface area contributed by atoms with Crippen LogP contribution in [0.4, 0.5) is 0 Å². The van der Waals surface area contributed by atoms with E-state index in [1.54, 1.807) is 6.92 Å². The van der Waals surface area contributed by atoms with Gasteiger partial charge in [0, 0.05) is 30.5 Å². The molecule has 0 N–H and O–H groups in total. The summed E-state index contributed by atoms with van der Waals surface area (Å²) < 4.78 is 7.56. The molecule has 1 heterocycles. The number of hydrogen-bond donors (Lipinski definition) is 0. The molecule has 27 heavy (non-hydrogen) atoms. The van der Waals surface area contributed by atoms with E-state index in [2.05, 4.69) is 42.6 Å². The van der Waals surface area contributed by atoms with E-state index in [1.165, 1.54) is 64.2 Å². The Hall–Kier alpha value is -1.64. The molecule has 0 saturated heterocycles. The molecule has 1 unspecified atom stereocenters. The molecule has 152 valence electrons. The van der Waals surface area contributed by atoms with Crippen molar-refractivity contribution in [2.45, 2.75) is 96.9 Å². The van der Waals surface area contributed by atoms with Crippen molar-refractivity contribution in [1.29, 1.82) is 0 Å². The molecule has 0 aromatic carbocycles. The molecule has 1 atom stereocenters. The molecule has 0 bridgehead atoms. The summed E-state index contributed by atoms with van der Waals surface area (Å²) in [5.41, 5.74) is 0.466. The number of carbonyl (C=O) groups excluding carboxylic acids is 1. The van der Waals surface area contributed by atoms with E-state index in [-0.39, 0.29) is 5.97 Å². The molecule has 0 radical (unpaired) electrons. The van der Waals surface area contributed by atoms with Crippen LogP contribution in [0.3, 0.4) is 0 Å². The Morgan fingerprint density at radius 2 is 1.44 bits per heavy atom. The van der Waals surface area contributed by atoms with E-state index in [0.29, 0.717) is 18.2 Å². The van der Waals surface area contributed by atoms with Crippen LogP contribution in [0.5, 0.6) is 0 Å². The number of unbranched alkanes of at least 4 members (excludes halogenated alkanes) is 9. The lowest BCUT2D eigenvalue weighted by atomic mass is 10.0. The third-order valence-corrected chi connectivity index (χ3v) is 5.08. The van der Waals surface area contributed by atoms with E-state index >= 15 is 0 Å². The highest BCUT2D eigenvalue weighted by atomic mass is 16.5. The van der Waals surface area contributed by atoms with Gasteiger partial charge in [-0.25, -0.2) is 9.36 Å². The minimum Gasteiger partial charge on any atom is -0.462 e. The van der Waals surface area contributed by atoms with Crippen molar-refractivity contribution in [3.05, 3.63) is 42.7 Å². The van der Waals surface area contributed by atoms with Crippen LogP contribution in [0.15, 0.2) is 42.7 Å². The zero-order valence-corrected chi connectivity index (χ0v) is 17.6. The van der Waals surface area contributed by atoms with Crippen molar-refractivity contribution >= 4 is 5.97 Å². The summed E-state index contributed by atoms with van der Waals surface area (Å²) in [6.07, 6.45) is 19.8. The molecule has 0 aliphatic rings. The molecule has 1 rings (SSSR count). The van der Waals surface area contributed by atoms with Gasteiger partial charge in [-0.3, -0.25) is 0 Å². The molecule has 3 heteroatoms. The van der Waals surface area contributed by atoms with Gasteiger partial charge in [-0.05, 0) is 13.3 Å². The fourth-order valence-electron chi connectivity index (χ4n) is 3.38. The summed E-state index contributed by atoms with van der Waals surface area (Å²) in [5, 5.41) is 0. The van der Waals surface area contributed by atoms with Crippen molar-refractivity contribution in [2.24, 2.45) is 0 Å². The number of ether oxygens (including phenoxy) is 1. The van der Waals surface area contributed by atoms with E-state index in [1.807, 2.05) is 6.07 Å². The van der Waals surface area contributed by atoms with Crippen molar-refractivity contribution in [1.82, 2.24) is 0 Å². The van der Waals surface area contributed by atoms with Gasteiger partial charge in [0.05, 0.1) is 6.61 Å². The van der Waals surface area contributed by atoms with Gasteiger partial charge in [-0.2, -0.15) is 0 Å². The first-order chi connectivity index (χ1) is 13.1. The predicted octanol–water partition coefficient (Wildman–Crippen LogP) is 6.34. The average molecular weight is 375 g/mol. The largest absolute Gasteiger partial charge is 0.462 e. The van der Waals surface area contributed by atoms with E-state index in [4.69, 9.17) is 4.74 Å². The Balaban J connectivity index is 2.23. The molecule has 0 amide bonds. The molecule has 3 nitrogen and oxygen atoms in total. The lowest BCUT2D eigenvalue weighted by Crippen LogP contribution is -2.39. The van der Waals surface area contributed by atoms with Crippen LogP contribution in [0.2, 0.25) is 0 Å². The standard InChI is InChI=1S/C24H40NO2/c1-4-5-6-7-8-9-10-11-12-14-17-23(25-19-15-13-16-20-25)18-21-27-24(26)22(2)3/h13,15-16,19-20,23H,2,4-12,14,17-18,21H2,1,3H3/q+1. The SMILES string of the molecule is C=C(C)C(=O)OCCC(CCCCCCCCCCCC)[n+]1ccccc1. The monoisotopic (exact) mass is 374 g/mol. The Morgan fingerprint density at radius 3 is 2.00 bits per heavy atom. The zero-order chi connectivity index (χ0) is 19.7. The third kappa shape index (κ3) is 11.6. The minimum atomic E-state index is -0.286. The quantitative estimate of drug-likeness (QED) is 0.146. The lowest BCUT2D eigenvalue weighted by Gasteiger charge is -2.13. The first-order valence-corrected chi connectivity index (χ1v) is 10.9. The van der Waals surface area contributed by atoms with Crippen molar-refractivity contribution in [2.75, 3.05) is 6.61 Å². The maximum Gasteiger partial charge on any atom is 0.333 e. The van der Waals surface area contributed by atoms with Gasteiger partial charge >= 0.3 is 5.97 Å². The molecule has 1 aromatic heterocycles. The number of pyridine rings is 1. The smallest absolute Gasteiger partial charge is 0.333 e. The van der Waals surface area contributed by atoms with Crippen LogP contribution in [0.1, 0.15) is 96.9 Å². The molecule has 0 aliphatic heterocycles. The van der Waals surface area contributed by atoms with E-state index in [0.717, 1.165) is 12.8 Å². The Kier molecular flexibility index (Phi) is 13.4. The summed E-state index contributed by atoms with van der Waals surface area (Å²) >= 11 is 0. The number of rotatable bonds is 16. The van der Waals surface area contributed by atoms with Crippen LogP contribution in [0.25, 0.3) is 0 Å². The van der Waals surface area contributed by atoms with Gasteiger partial charge in [0.2, 0.25) is 0 Å². The second-order valence-corrected chi connectivity index (χ2v) is 7.65. The highest BCUT2D eigenvalue weighted by Crippen LogP contribution is 2.16. The normalized spacial score (nSPS) is 11.9. The predicted molar refractivity (Wildman–Crippen MR) is 113 cm³/mol. The van der Waals surface area contributed by atoms with Crippen LogP contribution < -0.4 is 4.57 Å². The Morgan fingerprint density at radius 1 is 0.889 bits per heavy atom. The molecule has 0 aliphatic carbocycles. The van der Waals surface area contributed by atoms with Gasteiger partial charge in [0.15, 0.2) is 18.4 Å². The maximum atomic E-state index is 11.6. The van der Waals surface area contributed by atoms with E-state index < -0.39 is 0 Å². The second kappa shape index (κ2) is 15.4. The number of esters is 1. The Bertz CT molecular complexity index is 512. The summed E-state index contributed by atoms with van der Waals surface area (Å²) in [7, 11) is 0. The van der Waals surface area contributed by atoms with Gasteiger partial charge in [0.1, 0.15) is 0 Å². The summed E-state index contributed by atoms with van der Waals surface area (Å²) in [6, 6.07) is 6.55. The Labute approximate surface area is 166 Å². The second-order valence-electron chi connectivity index (χ2n) is 7.65. The first kappa shape index (κ1) is 23.4. The molecular weight excluding hydrogens is 334 g/mol. The summed E-state index contributed by atoms with van der Waals surface area (Å²) in [5.74, 6) is -0.286. The van der Waals surface area contributed by atoms with Crippen LogP contribution >= 0.6 is 0 Å². The van der Waals surface area contributed by atoms with Crippen molar-refractivity contribution < 1.29 is 14.1 Å². The fourth-order valence-corrected chi connectivity index (χ4v) is 3.38. The van der Waals surface area contributed by atoms with Crippen LogP contribution in [-0.2, 0) is 9.53 Å². The number of nitrogens with zero attached hydrogens (tertiary/aromatic N) is 1. The van der Waals surface area contributed by atoms with Gasteiger partial charge in [-0.1, -0.05) is 77.4 Å². The zero-order valence-electron chi connectivity index (χ0n) is 17.6. The minimum absolute atomic E-state index is 0.286. The average Bonchev–Trinajstić information content (AvgIpc) is 2.68. The molecule has 0 fully saturated rings. The highest BCUT2D eigenvalue weighted by Gasteiger charge is 2.18. The number of aromatic nitrogens is 1. The third-order valence-electron chi connectivity index (χ3n) is 5.08. The molecule has 0 spiro atoms. The molecule has 1 aromatic rings. The molecular formula is C24H40NO2+. The number of carbonyl (C=O) groups is 1. The fraction of sp³-hybridized carbons (Fsp3) is 0.667. The number of hydrogen-bond acceptors (Lipinski definition) is 2.